The first kappa shape index (κ1) is 20.3. The normalized spacial score (nSPS) is 18.3. The Kier molecular flexibility index (Phi) is 5.65. The summed E-state index contributed by atoms with van der Waals surface area (Å²) < 4.78 is 1.59. The van der Waals surface area contributed by atoms with Crippen LogP contribution in [0.4, 0.5) is 0 Å². The van der Waals surface area contributed by atoms with Crippen LogP contribution in [0.15, 0.2) is 48.8 Å². The molecule has 1 saturated heterocycles. The Hall–Kier alpha value is -3.57. The van der Waals surface area contributed by atoms with Crippen molar-refractivity contribution in [3.8, 4) is 11.8 Å². The van der Waals surface area contributed by atoms with Crippen LogP contribution >= 0.6 is 0 Å². The zero-order valence-electron chi connectivity index (χ0n) is 17.9. The third-order valence-electron chi connectivity index (χ3n) is 6.62. The molecule has 2 aromatic carbocycles. The highest BCUT2D eigenvalue weighted by molar-refractivity contribution is 5.79. The summed E-state index contributed by atoms with van der Waals surface area (Å²) in [6.45, 7) is 4.32. The Morgan fingerprint density at radius 1 is 1.09 bits per heavy atom. The molecule has 0 N–H and O–H groups in total. The molecule has 0 spiro atoms. The quantitative estimate of drug-likeness (QED) is 0.618. The minimum Gasteiger partial charge on any atom is -0.340 e. The van der Waals surface area contributed by atoms with Crippen LogP contribution in [0.5, 0.6) is 0 Å². The number of nitriles is 1. The maximum Gasteiger partial charge on any atom is 0.227 e. The number of amides is 1. The summed E-state index contributed by atoms with van der Waals surface area (Å²) >= 11 is 0. The second-order valence-corrected chi connectivity index (χ2v) is 8.50. The van der Waals surface area contributed by atoms with Crippen molar-refractivity contribution >= 4 is 5.91 Å². The minimum atomic E-state index is 0.171. The fourth-order valence-corrected chi connectivity index (χ4v) is 4.86. The van der Waals surface area contributed by atoms with E-state index in [9.17, 15) is 10.1 Å². The standard InChI is InChI=1S/C24H25N7O/c25-15-19-2-1-3-22-20(6-9-23(19)22)16-29-10-12-30(13-11-29)24(32)14-18-4-7-21(8-5-18)31-17-26-27-28-31/h1-5,7-8,17,20H,6,9-14,16H2. The molecule has 5 rings (SSSR count). The first-order chi connectivity index (χ1) is 15.7. The van der Waals surface area contributed by atoms with Gasteiger partial charge in [0.1, 0.15) is 6.33 Å². The van der Waals surface area contributed by atoms with Gasteiger partial charge in [0.2, 0.25) is 5.91 Å². The monoisotopic (exact) mass is 427 g/mol. The lowest BCUT2D eigenvalue weighted by atomic mass is 9.98. The number of fused-ring (bicyclic) bond motifs is 1. The van der Waals surface area contributed by atoms with Gasteiger partial charge in [-0.05, 0) is 64.1 Å². The summed E-state index contributed by atoms with van der Waals surface area (Å²) in [6, 6.07) is 16.2. The summed E-state index contributed by atoms with van der Waals surface area (Å²) in [5.74, 6) is 0.656. The van der Waals surface area contributed by atoms with Crippen molar-refractivity contribution in [3.63, 3.8) is 0 Å². The Morgan fingerprint density at radius 3 is 2.62 bits per heavy atom. The van der Waals surface area contributed by atoms with Gasteiger partial charge in [-0.3, -0.25) is 9.69 Å². The number of benzene rings is 2. The predicted molar refractivity (Wildman–Crippen MR) is 118 cm³/mol. The molecule has 0 bridgehead atoms. The number of aromatic nitrogens is 4. The second-order valence-electron chi connectivity index (χ2n) is 8.50. The predicted octanol–water partition coefficient (Wildman–Crippen LogP) is 1.95. The van der Waals surface area contributed by atoms with Crippen LogP contribution in [0.25, 0.3) is 5.69 Å². The third-order valence-corrected chi connectivity index (χ3v) is 6.62. The van der Waals surface area contributed by atoms with Gasteiger partial charge in [0.15, 0.2) is 0 Å². The number of hydrogen-bond donors (Lipinski definition) is 0. The van der Waals surface area contributed by atoms with Crippen LogP contribution in [-0.4, -0.2) is 68.6 Å². The summed E-state index contributed by atoms with van der Waals surface area (Å²) in [5.41, 5.74) is 5.26. The van der Waals surface area contributed by atoms with Crippen LogP contribution in [0.1, 0.15) is 34.6 Å². The van der Waals surface area contributed by atoms with E-state index in [1.807, 2.05) is 41.3 Å². The van der Waals surface area contributed by atoms with Gasteiger partial charge in [-0.15, -0.1) is 5.10 Å². The van der Waals surface area contributed by atoms with Crippen LogP contribution in [0, 0.1) is 11.3 Å². The molecule has 2 heterocycles. The molecule has 1 aliphatic heterocycles. The molecule has 0 radical (unpaired) electrons. The number of carbonyl (C=O) groups excluding carboxylic acids is 1. The van der Waals surface area contributed by atoms with E-state index in [0.29, 0.717) is 12.3 Å². The van der Waals surface area contributed by atoms with E-state index >= 15 is 0 Å². The van der Waals surface area contributed by atoms with E-state index in [2.05, 4.69) is 32.6 Å². The van der Waals surface area contributed by atoms with E-state index in [1.54, 1.807) is 11.0 Å². The average molecular weight is 428 g/mol. The molecule has 1 amide bonds. The van der Waals surface area contributed by atoms with Gasteiger partial charge >= 0.3 is 0 Å². The fourth-order valence-electron chi connectivity index (χ4n) is 4.86. The zero-order valence-corrected chi connectivity index (χ0v) is 17.9. The molecule has 3 aromatic rings. The summed E-state index contributed by atoms with van der Waals surface area (Å²) in [5, 5.41) is 20.5. The highest BCUT2D eigenvalue weighted by Crippen LogP contribution is 2.35. The van der Waals surface area contributed by atoms with Crippen molar-refractivity contribution in [2.45, 2.75) is 25.2 Å². The number of tetrazole rings is 1. The summed E-state index contributed by atoms with van der Waals surface area (Å²) in [4.78, 5) is 17.2. The van der Waals surface area contributed by atoms with Crippen molar-refractivity contribution in [3.05, 3.63) is 71.0 Å². The van der Waals surface area contributed by atoms with Gasteiger partial charge in [0.05, 0.1) is 23.7 Å². The number of piperazine rings is 1. The summed E-state index contributed by atoms with van der Waals surface area (Å²) in [7, 11) is 0. The van der Waals surface area contributed by atoms with Crippen LogP contribution < -0.4 is 0 Å². The molecule has 1 fully saturated rings. The molecule has 2 aliphatic rings. The molecule has 8 nitrogen and oxygen atoms in total. The first-order valence-electron chi connectivity index (χ1n) is 11.1. The van der Waals surface area contributed by atoms with Gasteiger partial charge in [-0.1, -0.05) is 24.3 Å². The van der Waals surface area contributed by atoms with Gasteiger partial charge < -0.3 is 4.90 Å². The fraction of sp³-hybridized carbons (Fsp3) is 0.375. The van der Waals surface area contributed by atoms with Gasteiger partial charge in [0.25, 0.3) is 0 Å². The Bertz CT molecular complexity index is 1130. The van der Waals surface area contributed by atoms with Crippen molar-refractivity contribution in [1.29, 1.82) is 5.26 Å². The lowest BCUT2D eigenvalue weighted by Gasteiger charge is -2.36. The Balaban J connectivity index is 1.13. The maximum atomic E-state index is 12.8. The lowest BCUT2D eigenvalue weighted by Crippen LogP contribution is -2.49. The third kappa shape index (κ3) is 4.12. The molecule has 0 saturated carbocycles. The molecular weight excluding hydrogens is 402 g/mol. The average Bonchev–Trinajstić information content (AvgIpc) is 3.51. The molecule has 1 unspecified atom stereocenters. The van der Waals surface area contributed by atoms with E-state index in [1.165, 1.54) is 11.1 Å². The summed E-state index contributed by atoms with van der Waals surface area (Å²) in [6.07, 6.45) is 4.05. The van der Waals surface area contributed by atoms with E-state index < -0.39 is 0 Å². The van der Waals surface area contributed by atoms with Crippen LogP contribution in [-0.2, 0) is 17.6 Å². The second kappa shape index (κ2) is 8.89. The number of carbonyl (C=O) groups is 1. The van der Waals surface area contributed by atoms with E-state index in [-0.39, 0.29) is 5.91 Å². The van der Waals surface area contributed by atoms with Crippen molar-refractivity contribution in [2.75, 3.05) is 32.7 Å². The minimum absolute atomic E-state index is 0.171. The van der Waals surface area contributed by atoms with Crippen molar-refractivity contribution in [1.82, 2.24) is 30.0 Å². The SMILES string of the molecule is N#Cc1cccc2c1CCC2CN1CCN(C(=O)Cc2ccc(-n3cnnn3)cc2)CC1. The molecule has 32 heavy (non-hydrogen) atoms. The number of hydrogen-bond acceptors (Lipinski definition) is 6. The molecule has 162 valence electrons. The molecule has 8 heteroatoms. The molecule has 1 aromatic heterocycles. The Morgan fingerprint density at radius 2 is 1.91 bits per heavy atom. The largest absolute Gasteiger partial charge is 0.340 e. The van der Waals surface area contributed by atoms with Crippen molar-refractivity contribution in [2.24, 2.45) is 0 Å². The van der Waals surface area contributed by atoms with E-state index in [0.717, 1.165) is 62.4 Å². The van der Waals surface area contributed by atoms with Crippen LogP contribution in [0.3, 0.4) is 0 Å². The van der Waals surface area contributed by atoms with Crippen molar-refractivity contribution < 1.29 is 4.79 Å². The first-order valence-corrected chi connectivity index (χ1v) is 11.1. The molecule has 1 atom stereocenters. The van der Waals surface area contributed by atoms with Gasteiger partial charge in [0, 0.05) is 32.7 Å². The van der Waals surface area contributed by atoms with E-state index in [4.69, 9.17) is 0 Å². The highest BCUT2D eigenvalue weighted by Gasteiger charge is 2.28. The lowest BCUT2D eigenvalue weighted by molar-refractivity contribution is -0.132. The zero-order chi connectivity index (χ0) is 21.9. The molecular formula is C24H25N7O. The van der Waals surface area contributed by atoms with Gasteiger partial charge in [-0.25, -0.2) is 4.68 Å². The van der Waals surface area contributed by atoms with Gasteiger partial charge in [-0.2, -0.15) is 5.26 Å². The Labute approximate surface area is 187 Å². The number of rotatable bonds is 5. The number of nitrogens with zero attached hydrogens (tertiary/aromatic N) is 7. The topological polar surface area (TPSA) is 90.9 Å². The maximum absolute atomic E-state index is 12.8. The highest BCUT2D eigenvalue weighted by atomic mass is 16.2. The molecule has 1 aliphatic carbocycles. The smallest absolute Gasteiger partial charge is 0.227 e. The van der Waals surface area contributed by atoms with Crippen LogP contribution in [0.2, 0.25) is 0 Å².